The van der Waals surface area contributed by atoms with E-state index in [4.69, 9.17) is 37.0 Å². The fourth-order valence-electron chi connectivity index (χ4n) is 12.2. The van der Waals surface area contributed by atoms with E-state index in [0.29, 0.717) is 25.7 Å². The van der Waals surface area contributed by atoms with Gasteiger partial charge >= 0.3 is 39.5 Å². The van der Waals surface area contributed by atoms with E-state index in [9.17, 15) is 43.2 Å². The number of unbranched alkanes of at least 4 members (excludes halogenated alkanes) is 51. The summed E-state index contributed by atoms with van der Waals surface area (Å²) in [6.45, 7) is 7.32. The van der Waals surface area contributed by atoms with Crippen molar-refractivity contribution in [3.63, 3.8) is 0 Å². The Morgan fingerprint density at radius 3 is 0.694 bits per heavy atom. The molecule has 0 aromatic carbocycles. The van der Waals surface area contributed by atoms with Crippen LogP contribution in [-0.4, -0.2) is 96.7 Å². The summed E-state index contributed by atoms with van der Waals surface area (Å²) >= 11 is 0. The molecular formula is C79H154O17P2. The molecule has 0 saturated carbocycles. The number of aliphatic hydroxyl groups is 1. The van der Waals surface area contributed by atoms with Crippen molar-refractivity contribution in [1.29, 1.82) is 0 Å². The van der Waals surface area contributed by atoms with Crippen LogP contribution in [0, 0.1) is 5.92 Å². The summed E-state index contributed by atoms with van der Waals surface area (Å²) in [7, 11) is -9.91. The Balaban J connectivity index is 5.21. The van der Waals surface area contributed by atoms with E-state index in [1.54, 1.807) is 0 Å². The molecule has 0 aromatic heterocycles. The van der Waals surface area contributed by atoms with E-state index in [1.165, 1.54) is 238 Å². The van der Waals surface area contributed by atoms with E-state index in [-0.39, 0.29) is 25.7 Å². The number of ether oxygens (including phenoxy) is 4. The third-order valence-electron chi connectivity index (χ3n) is 18.5. The SMILES string of the molecule is CCCCCCCCCCCCCCCCCCCC(=O)OC[C@H](COP(=O)(O)OC[C@@H](O)COP(=O)(O)OC[C@@H](COC(=O)CCCCCCCCCC)OC(=O)CCCCCCCCCCCCCCCCC)OC(=O)CCCCCCCCCCCCCCCCCC(C)C. The average Bonchev–Trinajstić information content (AvgIpc) is 1.11. The molecule has 0 spiro atoms. The molecule has 0 fully saturated rings. The van der Waals surface area contributed by atoms with Crippen molar-refractivity contribution >= 4 is 39.5 Å². The van der Waals surface area contributed by atoms with Crippen LogP contribution in [-0.2, 0) is 65.4 Å². The lowest BCUT2D eigenvalue weighted by Gasteiger charge is -2.21. The first-order valence-corrected chi connectivity index (χ1v) is 44.1. The van der Waals surface area contributed by atoms with Crippen LogP contribution in [0.1, 0.15) is 420 Å². The van der Waals surface area contributed by atoms with E-state index in [1.807, 2.05) is 0 Å². The summed E-state index contributed by atoms with van der Waals surface area (Å²) in [6.07, 6.45) is 62.4. The van der Waals surface area contributed by atoms with Gasteiger partial charge in [0.1, 0.15) is 19.3 Å². The van der Waals surface area contributed by atoms with E-state index in [2.05, 4.69) is 34.6 Å². The molecular weight excluding hydrogens is 1280 g/mol. The number of rotatable bonds is 79. The number of phosphoric ester groups is 2. The number of aliphatic hydroxyl groups excluding tert-OH is 1. The molecule has 19 heteroatoms. The summed E-state index contributed by atoms with van der Waals surface area (Å²) in [6, 6.07) is 0. The molecule has 0 radical (unpaired) electrons. The van der Waals surface area contributed by atoms with Gasteiger partial charge in [-0.05, 0) is 31.6 Å². The van der Waals surface area contributed by atoms with Crippen molar-refractivity contribution in [3.8, 4) is 0 Å². The lowest BCUT2D eigenvalue weighted by molar-refractivity contribution is -0.161. The van der Waals surface area contributed by atoms with Gasteiger partial charge in [-0.25, -0.2) is 9.13 Å². The minimum Gasteiger partial charge on any atom is -0.462 e. The Labute approximate surface area is 600 Å². The maximum absolute atomic E-state index is 13.1. The highest BCUT2D eigenvalue weighted by molar-refractivity contribution is 7.47. The van der Waals surface area contributed by atoms with Gasteiger partial charge in [-0.2, -0.15) is 0 Å². The molecule has 5 atom stereocenters. The number of carbonyl (C=O) groups excluding carboxylic acids is 4. The third kappa shape index (κ3) is 72.4. The van der Waals surface area contributed by atoms with Crippen LogP contribution in [0.25, 0.3) is 0 Å². The number of phosphoric acid groups is 2. The fourth-order valence-corrected chi connectivity index (χ4v) is 13.8. The van der Waals surface area contributed by atoms with Crippen molar-refractivity contribution < 1.29 is 80.2 Å². The molecule has 98 heavy (non-hydrogen) atoms. The zero-order valence-corrected chi connectivity index (χ0v) is 65.7. The van der Waals surface area contributed by atoms with Crippen LogP contribution in [0.15, 0.2) is 0 Å². The summed E-state index contributed by atoms with van der Waals surface area (Å²) in [5.74, 6) is -1.31. The van der Waals surface area contributed by atoms with Crippen molar-refractivity contribution in [2.75, 3.05) is 39.6 Å². The van der Waals surface area contributed by atoms with Crippen LogP contribution in [0.3, 0.4) is 0 Å². The molecule has 0 rings (SSSR count). The second kappa shape index (κ2) is 72.0. The van der Waals surface area contributed by atoms with Gasteiger partial charge in [-0.1, -0.05) is 369 Å². The van der Waals surface area contributed by atoms with Gasteiger partial charge in [0.25, 0.3) is 0 Å². The van der Waals surface area contributed by atoms with Gasteiger partial charge in [-0.3, -0.25) is 37.3 Å². The van der Waals surface area contributed by atoms with Gasteiger partial charge in [0.2, 0.25) is 0 Å². The van der Waals surface area contributed by atoms with Crippen molar-refractivity contribution in [3.05, 3.63) is 0 Å². The fraction of sp³-hybridized carbons (Fsp3) is 0.949. The highest BCUT2D eigenvalue weighted by Crippen LogP contribution is 2.45. The van der Waals surface area contributed by atoms with Crippen molar-refractivity contribution in [2.45, 2.75) is 438 Å². The van der Waals surface area contributed by atoms with E-state index < -0.39 is 97.5 Å². The van der Waals surface area contributed by atoms with Gasteiger partial charge in [0.15, 0.2) is 12.2 Å². The molecule has 0 aliphatic rings. The smallest absolute Gasteiger partial charge is 0.462 e. The standard InChI is InChI=1S/C79H154O17P2/c1-6-9-12-15-18-21-23-25-27-28-32-35-39-43-48-53-58-63-77(82)90-69-75(96-79(84)65-60-55-50-45-41-37-33-29-31-34-38-42-46-51-56-61-72(4)5)71-94-98(87,88)92-67-73(80)66-91-97(85,86)93-70-74(68-89-76(81)62-57-52-47-20-17-14-11-8-3)95-78(83)64-59-54-49-44-40-36-30-26-24-22-19-16-13-10-7-2/h72-75,80H,6-71H2,1-5H3,(H,85,86)(H,87,88)/t73-,74+,75+/m0/s1. The topological polar surface area (TPSA) is 237 Å². The van der Waals surface area contributed by atoms with Gasteiger partial charge in [-0.15, -0.1) is 0 Å². The molecule has 0 amide bonds. The summed E-state index contributed by atoms with van der Waals surface area (Å²) < 4.78 is 68.6. The number of esters is 4. The molecule has 582 valence electrons. The monoisotopic (exact) mass is 1440 g/mol. The Hall–Kier alpha value is -1.94. The minimum absolute atomic E-state index is 0.108. The van der Waals surface area contributed by atoms with Crippen LogP contribution < -0.4 is 0 Å². The predicted octanol–water partition coefficient (Wildman–Crippen LogP) is 23.6. The van der Waals surface area contributed by atoms with Gasteiger partial charge < -0.3 is 33.8 Å². The van der Waals surface area contributed by atoms with Crippen LogP contribution >= 0.6 is 15.6 Å². The largest absolute Gasteiger partial charge is 0.472 e. The molecule has 17 nitrogen and oxygen atoms in total. The first kappa shape index (κ1) is 96.1. The first-order chi connectivity index (χ1) is 47.5. The zero-order valence-electron chi connectivity index (χ0n) is 63.9. The summed E-state index contributed by atoms with van der Waals surface area (Å²) in [4.78, 5) is 72.9. The minimum atomic E-state index is -4.96. The second-order valence-electron chi connectivity index (χ2n) is 28.9. The summed E-state index contributed by atoms with van der Waals surface area (Å²) in [5.41, 5.74) is 0. The average molecular weight is 1440 g/mol. The molecule has 0 aromatic rings. The lowest BCUT2D eigenvalue weighted by Crippen LogP contribution is -2.30. The molecule has 0 bridgehead atoms. The van der Waals surface area contributed by atoms with Crippen LogP contribution in [0.4, 0.5) is 0 Å². The molecule has 3 N–H and O–H groups in total. The van der Waals surface area contributed by atoms with Crippen molar-refractivity contribution in [1.82, 2.24) is 0 Å². The Kier molecular flexibility index (Phi) is 70.6. The third-order valence-corrected chi connectivity index (χ3v) is 20.4. The van der Waals surface area contributed by atoms with Gasteiger partial charge in [0, 0.05) is 25.7 Å². The maximum atomic E-state index is 13.1. The molecule has 0 aliphatic heterocycles. The highest BCUT2D eigenvalue weighted by Gasteiger charge is 2.30. The molecule has 0 heterocycles. The zero-order chi connectivity index (χ0) is 71.9. The number of hydrogen-bond donors (Lipinski definition) is 3. The maximum Gasteiger partial charge on any atom is 0.472 e. The quantitative estimate of drug-likeness (QED) is 0.0222. The van der Waals surface area contributed by atoms with Crippen LogP contribution in [0.5, 0.6) is 0 Å². The molecule has 0 saturated heterocycles. The molecule has 0 aliphatic carbocycles. The normalized spacial score (nSPS) is 13.9. The van der Waals surface area contributed by atoms with Crippen LogP contribution in [0.2, 0.25) is 0 Å². The summed E-state index contributed by atoms with van der Waals surface area (Å²) in [5, 5.41) is 10.6. The Morgan fingerprint density at radius 2 is 0.469 bits per heavy atom. The van der Waals surface area contributed by atoms with E-state index in [0.717, 1.165) is 102 Å². The number of carbonyl (C=O) groups is 4. The first-order valence-electron chi connectivity index (χ1n) is 41.1. The van der Waals surface area contributed by atoms with Crippen molar-refractivity contribution in [2.24, 2.45) is 5.92 Å². The molecule has 2 unspecified atom stereocenters. The Morgan fingerprint density at radius 1 is 0.276 bits per heavy atom. The Bertz CT molecular complexity index is 1870. The number of hydrogen-bond acceptors (Lipinski definition) is 15. The van der Waals surface area contributed by atoms with E-state index >= 15 is 0 Å². The van der Waals surface area contributed by atoms with Gasteiger partial charge in [0.05, 0.1) is 26.4 Å². The highest BCUT2D eigenvalue weighted by atomic mass is 31.2. The predicted molar refractivity (Wildman–Crippen MR) is 400 cm³/mol. The lowest BCUT2D eigenvalue weighted by atomic mass is 10.0. The second-order valence-corrected chi connectivity index (χ2v) is 31.8.